The quantitative estimate of drug-likeness (QED) is 0.828. The molecular formula is C14H17N3O. The van der Waals surface area contributed by atoms with Crippen molar-refractivity contribution < 1.29 is 4.52 Å². The summed E-state index contributed by atoms with van der Waals surface area (Å²) in [5.41, 5.74) is 2.23. The Kier molecular flexibility index (Phi) is 3.09. The molecule has 1 aliphatic carbocycles. The van der Waals surface area contributed by atoms with Crippen molar-refractivity contribution in [2.24, 2.45) is 0 Å². The Morgan fingerprint density at radius 3 is 2.83 bits per heavy atom. The third-order valence-electron chi connectivity index (χ3n) is 3.58. The van der Waals surface area contributed by atoms with Crippen LogP contribution in [0.5, 0.6) is 0 Å². The van der Waals surface area contributed by atoms with Gasteiger partial charge in [-0.15, -0.1) is 0 Å². The third kappa shape index (κ3) is 2.28. The van der Waals surface area contributed by atoms with Gasteiger partial charge >= 0.3 is 0 Å². The standard InChI is InChI=1S/C14H17N3O/c1-2-10-6-7-12(15-9-10)8-13-16-14(17-18-13)11-4-3-5-11/h6-7,9,11H,2-5,8H2,1H3. The van der Waals surface area contributed by atoms with E-state index in [0.717, 1.165) is 17.9 Å². The molecule has 2 aromatic heterocycles. The van der Waals surface area contributed by atoms with Crippen LogP contribution in [0.3, 0.4) is 0 Å². The molecule has 0 saturated heterocycles. The molecule has 0 bridgehead atoms. The van der Waals surface area contributed by atoms with Gasteiger partial charge in [0.2, 0.25) is 5.89 Å². The first-order chi connectivity index (χ1) is 8.85. The molecule has 3 rings (SSSR count). The van der Waals surface area contributed by atoms with Crippen LogP contribution in [0.2, 0.25) is 0 Å². The summed E-state index contributed by atoms with van der Waals surface area (Å²) in [5.74, 6) is 2.08. The summed E-state index contributed by atoms with van der Waals surface area (Å²) >= 11 is 0. The Morgan fingerprint density at radius 2 is 2.22 bits per heavy atom. The number of rotatable bonds is 4. The Morgan fingerprint density at radius 1 is 1.33 bits per heavy atom. The van der Waals surface area contributed by atoms with Gasteiger partial charge in [0, 0.05) is 17.8 Å². The van der Waals surface area contributed by atoms with Crippen molar-refractivity contribution in [3.63, 3.8) is 0 Å². The van der Waals surface area contributed by atoms with E-state index in [1.807, 2.05) is 12.3 Å². The summed E-state index contributed by atoms with van der Waals surface area (Å²) in [5, 5.41) is 4.05. The van der Waals surface area contributed by atoms with Crippen LogP contribution in [0.4, 0.5) is 0 Å². The van der Waals surface area contributed by atoms with Gasteiger partial charge in [0.05, 0.1) is 6.42 Å². The summed E-state index contributed by atoms with van der Waals surface area (Å²) in [7, 11) is 0. The molecule has 1 fully saturated rings. The van der Waals surface area contributed by atoms with Gasteiger partial charge in [0.15, 0.2) is 5.82 Å². The Labute approximate surface area is 106 Å². The van der Waals surface area contributed by atoms with E-state index in [9.17, 15) is 0 Å². The Balaban J connectivity index is 1.69. The molecule has 0 radical (unpaired) electrons. The summed E-state index contributed by atoms with van der Waals surface area (Å²) in [6.07, 6.45) is 7.24. The SMILES string of the molecule is CCc1ccc(Cc2nc(C3CCC3)no2)nc1. The van der Waals surface area contributed by atoms with E-state index in [4.69, 9.17) is 4.52 Å². The minimum atomic E-state index is 0.526. The maximum absolute atomic E-state index is 5.28. The minimum absolute atomic E-state index is 0.526. The number of aromatic nitrogens is 3. The van der Waals surface area contributed by atoms with Crippen molar-refractivity contribution in [3.8, 4) is 0 Å². The first-order valence-electron chi connectivity index (χ1n) is 6.61. The number of aryl methyl sites for hydroxylation is 1. The molecule has 0 aromatic carbocycles. The molecule has 1 aliphatic rings. The number of hydrogen-bond acceptors (Lipinski definition) is 4. The average molecular weight is 243 g/mol. The topological polar surface area (TPSA) is 51.8 Å². The fourth-order valence-corrected chi connectivity index (χ4v) is 2.10. The maximum Gasteiger partial charge on any atom is 0.232 e. The fourth-order valence-electron chi connectivity index (χ4n) is 2.10. The van der Waals surface area contributed by atoms with Gasteiger partial charge in [-0.05, 0) is 30.9 Å². The molecule has 4 heteroatoms. The summed E-state index contributed by atoms with van der Waals surface area (Å²) in [6, 6.07) is 4.14. The van der Waals surface area contributed by atoms with E-state index in [1.165, 1.54) is 24.8 Å². The van der Waals surface area contributed by atoms with Crippen molar-refractivity contribution in [2.75, 3.05) is 0 Å². The summed E-state index contributed by atoms with van der Waals surface area (Å²) in [4.78, 5) is 8.86. The van der Waals surface area contributed by atoms with Crippen LogP contribution in [0, 0.1) is 0 Å². The Hall–Kier alpha value is -1.71. The smallest absolute Gasteiger partial charge is 0.232 e. The number of nitrogens with zero attached hydrogens (tertiary/aromatic N) is 3. The molecule has 0 unspecified atom stereocenters. The highest BCUT2D eigenvalue weighted by atomic mass is 16.5. The van der Waals surface area contributed by atoms with Gasteiger partial charge in [-0.2, -0.15) is 4.98 Å². The summed E-state index contributed by atoms with van der Waals surface area (Å²) < 4.78 is 5.28. The predicted molar refractivity (Wildman–Crippen MR) is 67.3 cm³/mol. The molecule has 0 spiro atoms. The number of hydrogen-bond donors (Lipinski definition) is 0. The molecule has 18 heavy (non-hydrogen) atoms. The molecule has 0 amide bonds. The zero-order valence-electron chi connectivity index (χ0n) is 10.6. The molecule has 2 heterocycles. The second kappa shape index (κ2) is 4.88. The fraction of sp³-hybridized carbons (Fsp3) is 0.500. The highest BCUT2D eigenvalue weighted by Gasteiger charge is 2.24. The van der Waals surface area contributed by atoms with E-state index in [-0.39, 0.29) is 0 Å². The van der Waals surface area contributed by atoms with E-state index < -0.39 is 0 Å². The molecule has 1 saturated carbocycles. The third-order valence-corrected chi connectivity index (χ3v) is 3.58. The largest absolute Gasteiger partial charge is 0.339 e. The van der Waals surface area contributed by atoms with Crippen LogP contribution < -0.4 is 0 Å². The predicted octanol–water partition coefficient (Wildman–Crippen LogP) is 2.89. The molecule has 0 atom stereocenters. The van der Waals surface area contributed by atoms with Crippen LogP contribution in [-0.2, 0) is 12.8 Å². The first-order valence-corrected chi connectivity index (χ1v) is 6.61. The molecule has 2 aromatic rings. The van der Waals surface area contributed by atoms with Gasteiger partial charge in [0.1, 0.15) is 0 Å². The second-order valence-electron chi connectivity index (χ2n) is 4.86. The zero-order valence-corrected chi connectivity index (χ0v) is 10.6. The molecule has 0 aliphatic heterocycles. The van der Waals surface area contributed by atoms with Crippen LogP contribution in [0.1, 0.15) is 55.1 Å². The lowest BCUT2D eigenvalue weighted by molar-refractivity contribution is 0.350. The average Bonchev–Trinajstić information content (AvgIpc) is 2.76. The van der Waals surface area contributed by atoms with E-state index in [1.54, 1.807) is 0 Å². The summed E-state index contributed by atoms with van der Waals surface area (Å²) in [6.45, 7) is 2.12. The molecule has 0 N–H and O–H groups in total. The van der Waals surface area contributed by atoms with Crippen LogP contribution in [-0.4, -0.2) is 15.1 Å². The highest BCUT2D eigenvalue weighted by molar-refractivity contribution is 5.16. The van der Waals surface area contributed by atoms with Crippen molar-refractivity contribution >= 4 is 0 Å². The zero-order chi connectivity index (χ0) is 12.4. The molecule has 4 nitrogen and oxygen atoms in total. The normalized spacial score (nSPS) is 15.6. The van der Waals surface area contributed by atoms with Crippen molar-refractivity contribution in [1.82, 2.24) is 15.1 Å². The maximum atomic E-state index is 5.28. The highest BCUT2D eigenvalue weighted by Crippen LogP contribution is 2.34. The van der Waals surface area contributed by atoms with Crippen LogP contribution in [0.15, 0.2) is 22.9 Å². The lowest BCUT2D eigenvalue weighted by Gasteiger charge is -2.20. The van der Waals surface area contributed by atoms with Crippen LogP contribution >= 0.6 is 0 Å². The minimum Gasteiger partial charge on any atom is -0.339 e. The Bertz CT molecular complexity index is 514. The van der Waals surface area contributed by atoms with Gasteiger partial charge in [0.25, 0.3) is 0 Å². The lowest BCUT2D eigenvalue weighted by Crippen LogP contribution is -2.10. The van der Waals surface area contributed by atoms with Gasteiger partial charge in [-0.3, -0.25) is 4.98 Å². The first kappa shape index (κ1) is 11.4. The van der Waals surface area contributed by atoms with Crippen molar-refractivity contribution in [1.29, 1.82) is 0 Å². The molecule has 94 valence electrons. The monoisotopic (exact) mass is 243 g/mol. The lowest BCUT2D eigenvalue weighted by atomic mass is 9.85. The number of pyridine rings is 1. The van der Waals surface area contributed by atoms with E-state index >= 15 is 0 Å². The van der Waals surface area contributed by atoms with E-state index in [0.29, 0.717) is 18.2 Å². The van der Waals surface area contributed by atoms with Crippen molar-refractivity contribution in [3.05, 3.63) is 41.3 Å². The van der Waals surface area contributed by atoms with Crippen molar-refractivity contribution in [2.45, 2.75) is 44.9 Å². The van der Waals surface area contributed by atoms with E-state index in [2.05, 4.69) is 28.1 Å². The van der Waals surface area contributed by atoms with Gasteiger partial charge < -0.3 is 4.52 Å². The van der Waals surface area contributed by atoms with Gasteiger partial charge in [-0.1, -0.05) is 24.6 Å². The second-order valence-corrected chi connectivity index (χ2v) is 4.86. The van der Waals surface area contributed by atoms with Gasteiger partial charge in [-0.25, -0.2) is 0 Å². The van der Waals surface area contributed by atoms with Crippen LogP contribution in [0.25, 0.3) is 0 Å². The molecular weight excluding hydrogens is 226 g/mol.